The molecule has 7 nitrogen and oxygen atoms in total. The van der Waals surface area contributed by atoms with Crippen LogP contribution in [0.3, 0.4) is 0 Å². The number of nitrogens with zero attached hydrogens (tertiary/aromatic N) is 6. The number of hydrogen-bond acceptors (Lipinski definition) is 5. The normalized spacial score (nSPS) is 16.5. The Bertz CT molecular complexity index is 1010. The van der Waals surface area contributed by atoms with Gasteiger partial charge in [-0.25, -0.2) is 9.97 Å². The minimum atomic E-state index is -0.0631. The van der Waals surface area contributed by atoms with Crippen molar-refractivity contribution in [3.63, 3.8) is 0 Å². The lowest BCUT2D eigenvalue weighted by Gasteiger charge is -2.36. The first-order valence-corrected chi connectivity index (χ1v) is 10.4. The van der Waals surface area contributed by atoms with E-state index < -0.39 is 0 Å². The summed E-state index contributed by atoms with van der Waals surface area (Å²) in [5.74, 6) is 0.798. The Labute approximate surface area is 177 Å². The van der Waals surface area contributed by atoms with Crippen LogP contribution in [-0.2, 0) is 18.3 Å². The molecule has 1 amide bonds. The molecule has 1 aliphatic rings. The fourth-order valence-corrected chi connectivity index (χ4v) is 4.02. The Morgan fingerprint density at radius 3 is 2.67 bits per heavy atom. The van der Waals surface area contributed by atoms with Crippen LogP contribution in [0.4, 0.5) is 5.95 Å². The molecule has 3 heterocycles. The zero-order valence-corrected chi connectivity index (χ0v) is 17.8. The molecule has 0 saturated carbocycles. The van der Waals surface area contributed by atoms with Crippen LogP contribution < -0.4 is 4.90 Å². The van der Waals surface area contributed by atoms with E-state index in [4.69, 9.17) is 4.98 Å². The van der Waals surface area contributed by atoms with E-state index in [1.807, 2.05) is 79.9 Å². The highest BCUT2D eigenvalue weighted by atomic mass is 16.2. The summed E-state index contributed by atoms with van der Waals surface area (Å²) in [4.78, 5) is 26.6. The Hall–Kier alpha value is -3.22. The minimum Gasteiger partial charge on any atom is -0.347 e. The maximum atomic E-state index is 13.3. The number of aromatic nitrogens is 4. The molecule has 1 fully saturated rings. The van der Waals surface area contributed by atoms with E-state index in [0.29, 0.717) is 12.4 Å². The molecule has 1 aromatic carbocycles. The van der Waals surface area contributed by atoms with Gasteiger partial charge in [-0.15, -0.1) is 0 Å². The third kappa shape index (κ3) is 4.20. The van der Waals surface area contributed by atoms with Crippen molar-refractivity contribution < 1.29 is 4.79 Å². The molecule has 0 spiro atoms. The van der Waals surface area contributed by atoms with Crippen molar-refractivity contribution >= 4 is 11.9 Å². The largest absolute Gasteiger partial charge is 0.347 e. The highest BCUT2D eigenvalue weighted by Crippen LogP contribution is 2.36. The molecule has 0 N–H and O–H groups in total. The fraction of sp³-hybridized carbons (Fsp3) is 0.391. The summed E-state index contributed by atoms with van der Waals surface area (Å²) in [7, 11) is 5.76. The summed E-state index contributed by atoms with van der Waals surface area (Å²) in [6.07, 6.45) is 9.07. The lowest BCUT2D eigenvalue weighted by Crippen LogP contribution is -2.40. The number of aryl methyl sites for hydroxylation is 1. The average Bonchev–Trinajstić information content (AvgIpc) is 3.20. The van der Waals surface area contributed by atoms with Gasteiger partial charge in [0.1, 0.15) is 0 Å². The number of anilines is 1. The van der Waals surface area contributed by atoms with Gasteiger partial charge in [-0.1, -0.05) is 30.3 Å². The van der Waals surface area contributed by atoms with E-state index in [9.17, 15) is 4.79 Å². The van der Waals surface area contributed by atoms with Crippen LogP contribution in [0.1, 0.15) is 36.6 Å². The standard InChI is InChI=1S/C23H28N6O/c1-27(2)23-24-15-19(18-14-25-28(3)16-18)22(26-23)20-11-7-8-12-29(20)21(30)13-17-9-5-4-6-10-17/h4-6,9-10,14-16,20H,7-8,11-13H2,1-3H3. The summed E-state index contributed by atoms with van der Waals surface area (Å²) in [6, 6.07) is 9.88. The molecule has 1 aliphatic heterocycles. The number of carbonyl (C=O) groups is 1. The van der Waals surface area contributed by atoms with Crippen LogP contribution in [-0.4, -0.2) is 51.2 Å². The van der Waals surface area contributed by atoms with E-state index in [2.05, 4.69) is 10.1 Å². The predicted octanol–water partition coefficient (Wildman–Crippen LogP) is 3.24. The molecule has 3 aromatic rings. The molecule has 1 unspecified atom stereocenters. The van der Waals surface area contributed by atoms with Crippen LogP contribution in [0.15, 0.2) is 48.9 Å². The van der Waals surface area contributed by atoms with Gasteiger partial charge in [0.2, 0.25) is 11.9 Å². The van der Waals surface area contributed by atoms with Gasteiger partial charge < -0.3 is 9.80 Å². The zero-order chi connectivity index (χ0) is 21.1. The first-order chi connectivity index (χ1) is 14.5. The number of likely N-dealkylation sites (tertiary alicyclic amines) is 1. The summed E-state index contributed by atoms with van der Waals surface area (Å²) < 4.78 is 1.78. The second-order valence-corrected chi connectivity index (χ2v) is 8.03. The molecule has 30 heavy (non-hydrogen) atoms. The first kappa shape index (κ1) is 20.1. The van der Waals surface area contributed by atoms with Gasteiger partial charge in [-0.05, 0) is 24.8 Å². The van der Waals surface area contributed by atoms with Crippen molar-refractivity contribution in [3.8, 4) is 11.1 Å². The Balaban J connectivity index is 1.72. The van der Waals surface area contributed by atoms with Gasteiger partial charge in [0.15, 0.2) is 0 Å². The minimum absolute atomic E-state index is 0.0631. The zero-order valence-electron chi connectivity index (χ0n) is 17.8. The molecule has 2 aromatic heterocycles. The first-order valence-electron chi connectivity index (χ1n) is 10.4. The summed E-state index contributed by atoms with van der Waals surface area (Å²) >= 11 is 0. The smallest absolute Gasteiger partial charge is 0.227 e. The molecule has 0 aliphatic carbocycles. The third-order valence-electron chi connectivity index (χ3n) is 5.56. The summed E-state index contributed by atoms with van der Waals surface area (Å²) in [5.41, 5.74) is 3.86. The SMILES string of the molecule is CN(C)c1ncc(-c2cnn(C)c2)c(C2CCCCN2C(=O)Cc2ccccc2)n1. The number of rotatable bonds is 5. The van der Waals surface area contributed by atoms with Crippen molar-refractivity contribution in [2.75, 3.05) is 25.5 Å². The number of carbonyl (C=O) groups excluding carboxylic acids is 1. The van der Waals surface area contributed by atoms with Gasteiger partial charge in [-0.3, -0.25) is 9.48 Å². The number of amides is 1. The van der Waals surface area contributed by atoms with Crippen LogP contribution in [0.5, 0.6) is 0 Å². The molecule has 0 bridgehead atoms. The van der Waals surface area contributed by atoms with Crippen molar-refractivity contribution in [3.05, 3.63) is 60.2 Å². The highest BCUT2D eigenvalue weighted by Gasteiger charge is 2.31. The lowest BCUT2D eigenvalue weighted by atomic mass is 9.94. The van der Waals surface area contributed by atoms with E-state index in [-0.39, 0.29) is 11.9 Å². The van der Waals surface area contributed by atoms with Gasteiger partial charge >= 0.3 is 0 Å². The van der Waals surface area contributed by atoms with E-state index in [0.717, 1.165) is 48.2 Å². The van der Waals surface area contributed by atoms with Crippen molar-refractivity contribution in [1.82, 2.24) is 24.6 Å². The lowest BCUT2D eigenvalue weighted by molar-refractivity contribution is -0.134. The molecule has 1 saturated heterocycles. The molecular formula is C23H28N6O. The highest BCUT2D eigenvalue weighted by molar-refractivity contribution is 5.80. The second kappa shape index (κ2) is 8.65. The quantitative estimate of drug-likeness (QED) is 0.653. The molecule has 1 atom stereocenters. The molecule has 7 heteroatoms. The molecular weight excluding hydrogens is 376 g/mol. The summed E-state index contributed by atoms with van der Waals surface area (Å²) in [5, 5.41) is 4.32. The van der Waals surface area contributed by atoms with Gasteiger partial charge in [0.05, 0.1) is 24.4 Å². The average molecular weight is 405 g/mol. The number of hydrogen-bond donors (Lipinski definition) is 0. The number of piperidine rings is 1. The molecule has 4 rings (SSSR count). The van der Waals surface area contributed by atoms with Crippen LogP contribution in [0, 0.1) is 0 Å². The third-order valence-corrected chi connectivity index (χ3v) is 5.56. The van der Waals surface area contributed by atoms with E-state index >= 15 is 0 Å². The topological polar surface area (TPSA) is 67.2 Å². The van der Waals surface area contributed by atoms with Crippen molar-refractivity contribution in [2.45, 2.75) is 31.7 Å². The van der Waals surface area contributed by atoms with E-state index in [1.165, 1.54) is 0 Å². The van der Waals surface area contributed by atoms with Crippen LogP contribution in [0.25, 0.3) is 11.1 Å². The maximum Gasteiger partial charge on any atom is 0.227 e. The Morgan fingerprint density at radius 2 is 1.97 bits per heavy atom. The molecule has 0 radical (unpaired) electrons. The second-order valence-electron chi connectivity index (χ2n) is 8.03. The van der Waals surface area contributed by atoms with Crippen LogP contribution in [0.2, 0.25) is 0 Å². The number of benzene rings is 1. The predicted molar refractivity (Wildman–Crippen MR) is 117 cm³/mol. The van der Waals surface area contributed by atoms with Crippen molar-refractivity contribution in [1.29, 1.82) is 0 Å². The van der Waals surface area contributed by atoms with E-state index in [1.54, 1.807) is 4.68 Å². The Morgan fingerprint density at radius 1 is 1.17 bits per heavy atom. The van der Waals surface area contributed by atoms with Crippen LogP contribution >= 0.6 is 0 Å². The van der Waals surface area contributed by atoms with Crippen molar-refractivity contribution in [2.24, 2.45) is 7.05 Å². The Kier molecular flexibility index (Phi) is 5.79. The van der Waals surface area contributed by atoms with Gasteiger partial charge in [0, 0.05) is 51.2 Å². The fourth-order valence-electron chi connectivity index (χ4n) is 4.02. The summed E-state index contributed by atoms with van der Waals surface area (Å²) in [6.45, 7) is 0.754. The maximum absolute atomic E-state index is 13.3. The monoisotopic (exact) mass is 404 g/mol. The van der Waals surface area contributed by atoms with Gasteiger partial charge in [-0.2, -0.15) is 5.10 Å². The van der Waals surface area contributed by atoms with Gasteiger partial charge in [0.25, 0.3) is 0 Å². The molecule has 156 valence electrons.